The molecule has 2 rings (SSSR count). The van der Waals surface area contributed by atoms with Crippen LogP contribution in [0.25, 0.3) is 11.1 Å². The molecule has 0 N–H and O–H groups in total. The van der Waals surface area contributed by atoms with Crippen molar-refractivity contribution >= 4 is 22.7 Å². The third kappa shape index (κ3) is 2.15. The van der Waals surface area contributed by atoms with E-state index in [9.17, 15) is 13.2 Å². The molecule has 3 nitrogen and oxygen atoms in total. The Kier molecular flexibility index (Phi) is 2.22. The molecular formula is C8H3ClF3NO2. The highest BCUT2D eigenvalue weighted by Gasteiger charge is 2.32. The molecular weight excluding hydrogens is 235 g/mol. The van der Waals surface area contributed by atoms with Gasteiger partial charge in [-0.15, -0.1) is 13.2 Å². The monoisotopic (exact) mass is 237 g/mol. The summed E-state index contributed by atoms with van der Waals surface area (Å²) in [4.78, 5) is 3.57. The Morgan fingerprint density at radius 2 is 2.07 bits per heavy atom. The average Bonchev–Trinajstić information content (AvgIpc) is 2.43. The SMILES string of the molecule is FC(F)(F)Oc1cccc2oc(Cl)nc12. The summed E-state index contributed by atoms with van der Waals surface area (Å²) in [6.45, 7) is 0. The van der Waals surface area contributed by atoms with Gasteiger partial charge in [0.15, 0.2) is 16.8 Å². The van der Waals surface area contributed by atoms with Crippen molar-refractivity contribution in [2.75, 3.05) is 0 Å². The van der Waals surface area contributed by atoms with Crippen molar-refractivity contribution in [2.24, 2.45) is 0 Å². The molecule has 0 aliphatic heterocycles. The molecule has 0 fully saturated rings. The van der Waals surface area contributed by atoms with Crippen LogP contribution in [0.2, 0.25) is 5.35 Å². The summed E-state index contributed by atoms with van der Waals surface area (Å²) in [5.74, 6) is -0.435. The summed E-state index contributed by atoms with van der Waals surface area (Å²) in [5.41, 5.74) is 0.0848. The molecule has 1 heterocycles. The van der Waals surface area contributed by atoms with E-state index in [2.05, 4.69) is 9.72 Å². The number of hydrogen-bond acceptors (Lipinski definition) is 3. The second-order valence-corrected chi connectivity index (χ2v) is 2.94. The first-order valence-electron chi connectivity index (χ1n) is 3.76. The second kappa shape index (κ2) is 3.30. The molecule has 80 valence electrons. The highest BCUT2D eigenvalue weighted by Crippen LogP contribution is 2.31. The molecule has 0 radical (unpaired) electrons. The smallest absolute Gasteiger partial charge is 0.427 e. The van der Waals surface area contributed by atoms with Crippen LogP contribution in [-0.2, 0) is 0 Å². The van der Waals surface area contributed by atoms with Gasteiger partial charge in [-0.05, 0) is 23.7 Å². The van der Waals surface area contributed by atoms with Gasteiger partial charge in [-0.1, -0.05) is 6.07 Å². The van der Waals surface area contributed by atoms with E-state index >= 15 is 0 Å². The van der Waals surface area contributed by atoms with Gasteiger partial charge in [0.25, 0.3) is 5.35 Å². The summed E-state index contributed by atoms with van der Waals surface area (Å²) < 4.78 is 44.5. The highest BCUT2D eigenvalue weighted by molar-refractivity contribution is 6.28. The lowest BCUT2D eigenvalue weighted by molar-refractivity contribution is -0.274. The molecule has 2 aromatic rings. The first-order chi connectivity index (χ1) is 6.96. The number of nitrogens with zero attached hydrogens (tertiary/aromatic N) is 1. The minimum Gasteiger partial charge on any atom is -0.427 e. The van der Waals surface area contributed by atoms with E-state index < -0.39 is 12.1 Å². The number of alkyl halides is 3. The van der Waals surface area contributed by atoms with Gasteiger partial charge in [0.05, 0.1) is 0 Å². The Morgan fingerprint density at radius 1 is 1.33 bits per heavy atom. The zero-order valence-corrected chi connectivity index (χ0v) is 7.76. The zero-order chi connectivity index (χ0) is 11.1. The van der Waals surface area contributed by atoms with Gasteiger partial charge in [-0.25, -0.2) is 0 Å². The molecule has 0 spiro atoms. The van der Waals surface area contributed by atoms with Gasteiger partial charge in [0.2, 0.25) is 0 Å². The molecule has 0 bridgehead atoms. The minimum atomic E-state index is -4.76. The zero-order valence-electron chi connectivity index (χ0n) is 7.01. The van der Waals surface area contributed by atoms with Gasteiger partial charge in [0, 0.05) is 0 Å². The molecule has 0 saturated heterocycles. The van der Waals surface area contributed by atoms with E-state index in [-0.39, 0.29) is 16.4 Å². The number of fused-ring (bicyclic) bond motifs is 1. The topological polar surface area (TPSA) is 35.3 Å². The maximum atomic E-state index is 12.0. The van der Waals surface area contributed by atoms with Crippen molar-refractivity contribution in [3.8, 4) is 5.75 Å². The number of para-hydroxylation sites is 1. The summed E-state index contributed by atoms with van der Waals surface area (Å²) in [5, 5.41) is -0.233. The summed E-state index contributed by atoms with van der Waals surface area (Å²) in [7, 11) is 0. The Morgan fingerprint density at radius 3 is 2.73 bits per heavy atom. The summed E-state index contributed by atoms with van der Waals surface area (Å²) >= 11 is 5.41. The molecule has 0 amide bonds. The molecule has 0 saturated carbocycles. The van der Waals surface area contributed by atoms with E-state index in [1.807, 2.05) is 0 Å². The van der Waals surface area contributed by atoms with Crippen LogP contribution >= 0.6 is 11.6 Å². The maximum absolute atomic E-state index is 12.0. The highest BCUT2D eigenvalue weighted by atomic mass is 35.5. The Balaban J connectivity index is 2.51. The van der Waals surface area contributed by atoms with Crippen LogP contribution in [0.15, 0.2) is 22.6 Å². The number of ether oxygens (including phenoxy) is 1. The summed E-state index contributed by atoms with van der Waals surface area (Å²) in [6, 6.07) is 3.93. The minimum absolute atomic E-state index is 0.0557. The molecule has 0 aliphatic carbocycles. The van der Waals surface area contributed by atoms with Crippen molar-refractivity contribution < 1.29 is 22.3 Å². The van der Waals surface area contributed by atoms with Gasteiger partial charge >= 0.3 is 6.36 Å². The lowest BCUT2D eigenvalue weighted by atomic mass is 10.3. The van der Waals surface area contributed by atoms with Gasteiger partial charge in [0.1, 0.15) is 0 Å². The van der Waals surface area contributed by atoms with Crippen molar-refractivity contribution in [2.45, 2.75) is 6.36 Å². The molecule has 1 aromatic heterocycles. The number of halogens is 4. The fourth-order valence-corrected chi connectivity index (χ4v) is 1.27. The van der Waals surface area contributed by atoms with E-state index in [4.69, 9.17) is 16.0 Å². The van der Waals surface area contributed by atoms with Crippen LogP contribution in [0.3, 0.4) is 0 Å². The van der Waals surface area contributed by atoms with Crippen LogP contribution < -0.4 is 4.74 Å². The number of benzene rings is 1. The number of rotatable bonds is 1. The van der Waals surface area contributed by atoms with Crippen molar-refractivity contribution in [1.82, 2.24) is 4.98 Å². The van der Waals surface area contributed by atoms with Crippen LogP contribution in [0.1, 0.15) is 0 Å². The maximum Gasteiger partial charge on any atom is 0.573 e. The molecule has 1 aromatic carbocycles. The first-order valence-corrected chi connectivity index (χ1v) is 4.14. The number of aromatic nitrogens is 1. The van der Waals surface area contributed by atoms with Crippen LogP contribution in [0.5, 0.6) is 5.75 Å². The van der Waals surface area contributed by atoms with E-state index in [1.165, 1.54) is 12.1 Å². The van der Waals surface area contributed by atoms with E-state index in [0.717, 1.165) is 6.07 Å². The number of oxazole rings is 1. The normalized spacial score (nSPS) is 12.0. The number of hydrogen-bond donors (Lipinski definition) is 0. The second-order valence-electron chi connectivity index (χ2n) is 2.62. The van der Waals surface area contributed by atoms with E-state index in [1.54, 1.807) is 0 Å². The Labute approximate surface area is 86.4 Å². The average molecular weight is 238 g/mol. The molecule has 7 heteroatoms. The van der Waals surface area contributed by atoms with Crippen LogP contribution in [0.4, 0.5) is 13.2 Å². The first kappa shape index (κ1) is 10.1. The third-order valence-corrected chi connectivity index (χ3v) is 1.74. The molecule has 0 atom stereocenters. The predicted molar refractivity (Wildman–Crippen MR) is 45.7 cm³/mol. The van der Waals surface area contributed by atoms with Gasteiger partial charge < -0.3 is 9.15 Å². The standard InChI is InChI=1S/C8H3ClF3NO2/c9-7-13-6-4(14-7)2-1-3-5(6)15-8(10,11)12/h1-3H. The van der Waals surface area contributed by atoms with Crippen LogP contribution in [0, 0.1) is 0 Å². The van der Waals surface area contributed by atoms with Crippen LogP contribution in [-0.4, -0.2) is 11.3 Å². The van der Waals surface area contributed by atoms with Crippen molar-refractivity contribution in [3.05, 3.63) is 23.5 Å². The fraction of sp³-hybridized carbons (Fsp3) is 0.125. The van der Waals surface area contributed by atoms with Crippen molar-refractivity contribution in [3.63, 3.8) is 0 Å². The molecule has 15 heavy (non-hydrogen) atoms. The largest absolute Gasteiger partial charge is 0.573 e. The molecule has 0 aliphatic rings. The van der Waals surface area contributed by atoms with Gasteiger partial charge in [-0.2, -0.15) is 4.98 Å². The Bertz CT molecular complexity index is 494. The predicted octanol–water partition coefficient (Wildman–Crippen LogP) is 3.38. The third-order valence-electron chi connectivity index (χ3n) is 1.58. The lowest BCUT2D eigenvalue weighted by Gasteiger charge is -2.07. The lowest BCUT2D eigenvalue weighted by Crippen LogP contribution is -2.17. The Hall–Kier alpha value is -1.43. The quantitative estimate of drug-likeness (QED) is 0.763. The van der Waals surface area contributed by atoms with Gasteiger partial charge in [-0.3, -0.25) is 0 Å². The van der Waals surface area contributed by atoms with Crippen molar-refractivity contribution in [1.29, 1.82) is 0 Å². The summed E-state index contributed by atoms with van der Waals surface area (Å²) in [6.07, 6.45) is -4.76. The molecule has 0 unspecified atom stereocenters. The van der Waals surface area contributed by atoms with E-state index in [0.29, 0.717) is 0 Å². The fourth-order valence-electron chi connectivity index (χ4n) is 1.10.